The fourth-order valence-corrected chi connectivity index (χ4v) is 4.37. The number of aromatic nitrogens is 5. The number of benzene rings is 1. The number of hydrogen-bond donors (Lipinski definition) is 1. The summed E-state index contributed by atoms with van der Waals surface area (Å²) in [6.45, 7) is 0. The quantitative estimate of drug-likeness (QED) is 0.192. The van der Waals surface area contributed by atoms with Crippen molar-refractivity contribution in [3.05, 3.63) is 121 Å². The van der Waals surface area contributed by atoms with Crippen molar-refractivity contribution in [1.82, 2.24) is 24.3 Å². The van der Waals surface area contributed by atoms with Crippen LogP contribution in [0.5, 0.6) is 0 Å². The number of halogens is 1. The number of pyridine rings is 1. The molecule has 0 spiro atoms. The van der Waals surface area contributed by atoms with Gasteiger partial charge in [0.2, 0.25) is 0 Å². The largest absolute Gasteiger partial charge is 2.00 e. The Hall–Kier alpha value is -3.96. The molecule has 7 rings (SSSR count). The molecule has 0 radical (unpaired) electrons. The van der Waals surface area contributed by atoms with Gasteiger partial charge in [-0.3, -0.25) is 4.40 Å². The Morgan fingerprint density at radius 2 is 1.61 bits per heavy atom. The molecule has 0 aliphatic heterocycles. The first kappa shape index (κ1) is 23.8. The number of nitrogens with zero attached hydrogens (tertiary/aromatic N) is 4. The monoisotopic (exact) mass is 529 g/mol. The maximum atomic E-state index is 6.54. The zero-order valence-electron chi connectivity index (χ0n) is 19.0. The fraction of sp³-hybridized carbons (Fsp3) is 0. The summed E-state index contributed by atoms with van der Waals surface area (Å²) in [5.74, 6) is 0.613. The minimum absolute atomic E-state index is 0. The number of para-hydroxylation sites is 1. The number of aromatic amines is 1. The van der Waals surface area contributed by atoms with Gasteiger partial charge in [0.1, 0.15) is 11.3 Å². The Kier molecular flexibility index (Phi) is 6.83. The summed E-state index contributed by atoms with van der Waals surface area (Å²) in [6.07, 6.45) is 1.94. The van der Waals surface area contributed by atoms with Gasteiger partial charge in [-0.2, -0.15) is 30.3 Å². The molecule has 0 saturated carbocycles. The zero-order valence-corrected chi connectivity index (χ0v) is 20.9. The molecule has 0 fully saturated rings. The molecule has 0 aliphatic rings. The van der Waals surface area contributed by atoms with Crippen molar-refractivity contribution in [1.29, 1.82) is 0 Å². The first-order chi connectivity index (χ1) is 17.3. The number of imidazole rings is 1. The van der Waals surface area contributed by atoms with Crippen molar-refractivity contribution in [2.75, 3.05) is 0 Å². The van der Waals surface area contributed by atoms with E-state index in [1.165, 1.54) is 0 Å². The molecule has 0 unspecified atom stereocenters. The minimum Gasteiger partial charge on any atom is -0.352 e. The van der Waals surface area contributed by atoms with Crippen molar-refractivity contribution in [2.45, 2.75) is 0 Å². The van der Waals surface area contributed by atoms with Crippen LogP contribution in [0.15, 0.2) is 115 Å². The molecule has 0 bridgehead atoms. The van der Waals surface area contributed by atoms with E-state index in [2.05, 4.69) is 22.1 Å². The van der Waals surface area contributed by atoms with Gasteiger partial charge in [-0.15, -0.1) is 12.1 Å². The van der Waals surface area contributed by atoms with E-state index in [9.17, 15) is 0 Å². The maximum absolute atomic E-state index is 6.54. The molecular formula is C29H20ClFeN5. The number of nitrogens with one attached hydrogen (secondary N) is 1. The summed E-state index contributed by atoms with van der Waals surface area (Å²) in [7, 11) is 0. The molecule has 0 atom stereocenters. The molecule has 36 heavy (non-hydrogen) atoms. The Morgan fingerprint density at radius 3 is 2.36 bits per heavy atom. The third kappa shape index (κ3) is 4.62. The Balaban J connectivity index is 0.000000400. The molecule has 176 valence electrons. The molecule has 7 heteroatoms. The first-order valence-corrected chi connectivity index (χ1v) is 11.6. The van der Waals surface area contributed by atoms with Crippen LogP contribution in [0.2, 0.25) is 5.15 Å². The number of H-pyrrole nitrogens is 1. The van der Waals surface area contributed by atoms with Crippen molar-refractivity contribution in [3.63, 3.8) is 0 Å². The standard InChI is InChI=1S/C24H15ClN5.C5H5.Fe/c25-23-22(30-12-6-5-11-21(30)29-23)19-14-18(15-7-1-2-8-15)27-24(28-19)20-13-16-9-3-4-10-17(16)26-20;1-2-4-5-3-1;/h1-14,26H;1-5H;/q2*-1;+2. The molecule has 1 N–H and O–H groups in total. The molecule has 0 aliphatic carbocycles. The first-order valence-electron chi connectivity index (χ1n) is 11.3. The summed E-state index contributed by atoms with van der Waals surface area (Å²) >= 11 is 6.54. The van der Waals surface area contributed by atoms with Gasteiger partial charge in [-0.1, -0.05) is 47.5 Å². The second-order valence-electron chi connectivity index (χ2n) is 8.05. The van der Waals surface area contributed by atoms with Gasteiger partial charge in [0.15, 0.2) is 11.0 Å². The van der Waals surface area contributed by atoms with Crippen molar-refractivity contribution in [2.24, 2.45) is 0 Å². The van der Waals surface area contributed by atoms with E-state index < -0.39 is 0 Å². The van der Waals surface area contributed by atoms with Gasteiger partial charge in [-0.05, 0) is 30.0 Å². The molecule has 5 nitrogen and oxygen atoms in total. The summed E-state index contributed by atoms with van der Waals surface area (Å²) in [5.41, 5.74) is 6.01. The number of rotatable bonds is 3. The molecule has 4 aromatic heterocycles. The summed E-state index contributed by atoms with van der Waals surface area (Å²) in [5, 5.41) is 1.53. The molecular weight excluding hydrogens is 510 g/mol. The maximum Gasteiger partial charge on any atom is 2.00 e. The van der Waals surface area contributed by atoms with Gasteiger partial charge < -0.3 is 4.98 Å². The van der Waals surface area contributed by atoms with Gasteiger partial charge in [-0.25, -0.2) is 27.1 Å². The summed E-state index contributed by atoms with van der Waals surface area (Å²) in [6, 6.07) is 36.1. The molecule has 0 saturated heterocycles. The van der Waals surface area contributed by atoms with E-state index in [1.807, 2.05) is 108 Å². The average molecular weight is 530 g/mol. The smallest absolute Gasteiger partial charge is 0.352 e. The van der Waals surface area contributed by atoms with Crippen LogP contribution in [0, 0.1) is 0 Å². The van der Waals surface area contributed by atoms with Crippen LogP contribution in [-0.4, -0.2) is 24.3 Å². The Bertz CT molecular complexity index is 1660. The SMILES string of the molecule is Clc1nc2ccccn2c1-c1cc(-[c-]2cccc2)nc(-c2cc3ccccc3[nH]2)n1.[Fe+2].c1cc[cH-]c1. The third-order valence-electron chi connectivity index (χ3n) is 5.74. The Labute approximate surface area is 223 Å². The molecule has 4 heterocycles. The van der Waals surface area contributed by atoms with Crippen LogP contribution in [-0.2, 0) is 17.1 Å². The van der Waals surface area contributed by atoms with Crippen LogP contribution < -0.4 is 0 Å². The topological polar surface area (TPSA) is 58.9 Å². The minimum atomic E-state index is 0. The predicted molar refractivity (Wildman–Crippen MR) is 142 cm³/mol. The van der Waals surface area contributed by atoms with Gasteiger partial charge in [0, 0.05) is 17.1 Å². The van der Waals surface area contributed by atoms with Crippen LogP contribution in [0.3, 0.4) is 0 Å². The summed E-state index contributed by atoms with van der Waals surface area (Å²) in [4.78, 5) is 17.6. The van der Waals surface area contributed by atoms with E-state index in [4.69, 9.17) is 21.6 Å². The van der Waals surface area contributed by atoms with Crippen LogP contribution in [0.25, 0.3) is 50.7 Å². The molecule has 7 aromatic rings. The van der Waals surface area contributed by atoms with Crippen molar-refractivity contribution in [3.8, 4) is 34.2 Å². The van der Waals surface area contributed by atoms with E-state index >= 15 is 0 Å². The predicted octanol–water partition coefficient (Wildman–Crippen LogP) is 7.38. The molecule has 3 aromatic carbocycles. The fourth-order valence-electron chi connectivity index (χ4n) is 4.09. The third-order valence-corrected chi connectivity index (χ3v) is 6.00. The van der Waals surface area contributed by atoms with E-state index in [0.717, 1.165) is 44.9 Å². The van der Waals surface area contributed by atoms with Gasteiger partial charge in [0.25, 0.3) is 0 Å². The average Bonchev–Trinajstić information content (AvgIpc) is 3.69. The van der Waals surface area contributed by atoms with Crippen LogP contribution >= 0.6 is 11.6 Å². The number of fused-ring (bicyclic) bond motifs is 2. The normalized spacial score (nSPS) is 10.7. The van der Waals surface area contributed by atoms with E-state index in [0.29, 0.717) is 11.0 Å². The van der Waals surface area contributed by atoms with Crippen molar-refractivity contribution < 1.29 is 17.1 Å². The zero-order chi connectivity index (χ0) is 23.6. The van der Waals surface area contributed by atoms with Gasteiger partial charge in [0.05, 0.1) is 11.4 Å². The number of hydrogen-bond acceptors (Lipinski definition) is 3. The second-order valence-corrected chi connectivity index (χ2v) is 8.41. The van der Waals surface area contributed by atoms with Crippen LogP contribution in [0.1, 0.15) is 0 Å². The summed E-state index contributed by atoms with van der Waals surface area (Å²) < 4.78 is 1.95. The molecule has 0 amide bonds. The van der Waals surface area contributed by atoms with Crippen LogP contribution in [0.4, 0.5) is 0 Å². The Morgan fingerprint density at radius 1 is 0.833 bits per heavy atom. The second kappa shape index (κ2) is 10.3. The van der Waals surface area contributed by atoms with Crippen molar-refractivity contribution >= 4 is 28.2 Å². The van der Waals surface area contributed by atoms with Gasteiger partial charge >= 0.3 is 17.1 Å². The van der Waals surface area contributed by atoms with E-state index in [-0.39, 0.29) is 17.1 Å². The van der Waals surface area contributed by atoms with E-state index in [1.54, 1.807) is 0 Å².